The Morgan fingerprint density at radius 1 is 1.07 bits per heavy atom. The molecule has 0 fully saturated rings. The van der Waals surface area contributed by atoms with E-state index in [-0.39, 0.29) is 22.7 Å². The Morgan fingerprint density at radius 3 is 2.59 bits per heavy atom. The van der Waals surface area contributed by atoms with Crippen molar-refractivity contribution in [3.05, 3.63) is 76.5 Å². The summed E-state index contributed by atoms with van der Waals surface area (Å²) in [6.07, 6.45) is 1.74. The molecule has 2 aromatic carbocycles. The van der Waals surface area contributed by atoms with Crippen molar-refractivity contribution >= 4 is 51.1 Å². The molecule has 0 atom stereocenters. The van der Waals surface area contributed by atoms with Crippen molar-refractivity contribution in [3.63, 3.8) is 0 Å². The molecule has 2 heterocycles. The monoisotopic (exact) mass is 426 g/mol. The Hall–Kier alpha value is -3.36. The van der Waals surface area contributed by atoms with Gasteiger partial charge in [-0.05, 0) is 36.4 Å². The molecule has 29 heavy (non-hydrogen) atoms. The highest BCUT2D eigenvalue weighted by Gasteiger charge is 2.19. The molecule has 146 valence electrons. The number of ether oxygens (including phenoxy) is 1. The summed E-state index contributed by atoms with van der Waals surface area (Å²) in [4.78, 5) is 29.9. The summed E-state index contributed by atoms with van der Waals surface area (Å²) in [6, 6.07) is 13.7. The second kappa shape index (κ2) is 7.94. The third-order valence-corrected chi connectivity index (χ3v) is 5.21. The van der Waals surface area contributed by atoms with Crippen LogP contribution in [0.3, 0.4) is 0 Å². The summed E-state index contributed by atoms with van der Waals surface area (Å²) in [6.45, 7) is 0. The van der Waals surface area contributed by atoms with Crippen LogP contribution in [0, 0.1) is 0 Å². The number of aromatic nitrogens is 2. The number of nitrogens with one attached hydrogen (secondary N) is 2. The summed E-state index contributed by atoms with van der Waals surface area (Å²) >= 11 is 7.48. The summed E-state index contributed by atoms with van der Waals surface area (Å²) < 4.78 is 6.87. The highest BCUT2D eigenvalue weighted by molar-refractivity contribution is 7.15. The number of nitrogens with zero attached hydrogens (tertiary/aromatic N) is 2. The Kier molecular flexibility index (Phi) is 5.20. The lowest BCUT2D eigenvalue weighted by atomic mass is 10.2. The molecule has 7 nitrogen and oxygen atoms in total. The molecule has 4 rings (SSSR count). The van der Waals surface area contributed by atoms with Crippen LogP contribution in [0.25, 0.3) is 4.96 Å². The van der Waals surface area contributed by atoms with Gasteiger partial charge in [0, 0.05) is 22.8 Å². The van der Waals surface area contributed by atoms with Gasteiger partial charge in [0.2, 0.25) is 0 Å². The third kappa shape index (κ3) is 3.80. The molecule has 0 spiro atoms. The number of amides is 2. The SMILES string of the molecule is COc1ccccc1NC(=O)c1ccc(NC(=O)c2c(Cl)nc3sccn23)cc1. The van der Waals surface area contributed by atoms with Crippen LogP contribution in [0.5, 0.6) is 5.75 Å². The number of imidazole rings is 1. The molecular weight excluding hydrogens is 412 g/mol. The number of para-hydroxylation sites is 2. The van der Waals surface area contributed by atoms with E-state index < -0.39 is 0 Å². The van der Waals surface area contributed by atoms with Gasteiger partial charge in [0.25, 0.3) is 11.8 Å². The maximum atomic E-state index is 12.6. The minimum absolute atomic E-state index is 0.141. The molecule has 0 radical (unpaired) electrons. The van der Waals surface area contributed by atoms with E-state index >= 15 is 0 Å². The second-order valence-electron chi connectivity index (χ2n) is 5.99. The summed E-state index contributed by atoms with van der Waals surface area (Å²) in [5.74, 6) is -0.0968. The van der Waals surface area contributed by atoms with Gasteiger partial charge in [-0.1, -0.05) is 23.7 Å². The fourth-order valence-corrected chi connectivity index (χ4v) is 3.82. The lowest BCUT2D eigenvalue weighted by Gasteiger charge is -2.10. The lowest BCUT2D eigenvalue weighted by molar-refractivity contribution is 0.101. The van der Waals surface area contributed by atoms with Gasteiger partial charge >= 0.3 is 0 Å². The fourth-order valence-electron chi connectivity index (χ4n) is 2.80. The quantitative estimate of drug-likeness (QED) is 0.489. The number of hydrogen-bond donors (Lipinski definition) is 2. The van der Waals surface area contributed by atoms with Crippen LogP contribution in [0.1, 0.15) is 20.8 Å². The molecule has 2 N–H and O–H groups in total. The van der Waals surface area contributed by atoms with E-state index in [9.17, 15) is 9.59 Å². The molecule has 2 amide bonds. The van der Waals surface area contributed by atoms with Gasteiger partial charge in [-0.3, -0.25) is 14.0 Å². The zero-order valence-electron chi connectivity index (χ0n) is 15.2. The Morgan fingerprint density at radius 2 is 1.83 bits per heavy atom. The maximum Gasteiger partial charge on any atom is 0.275 e. The molecule has 0 saturated heterocycles. The van der Waals surface area contributed by atoms with Crippen LogP contribution in [0.15, 0.2) is 60.1 Å². The smallest absolute Gasteiger partial charge is 0.275 e. The fraction of sp³-hybridized carbons (Fsp3) is 0.0500. The Bertz CT molecular complexity index is 1200. The summed E-state index contributed by atoms with van der Waals surface area (Å²) in [5.41, 5.74) is 1.81. The standard InChI is InChI=1S/C20H15ClN4O3S/c1-28-15-5-3-2-4-14(15)23-18(26)12-6-8-13(9-7-12)22-19(27)16-17(21)24-20-25(16)10-11-29-20/h2-11H,1H3,(H,22,27)(H,23,26). The number of thiazole rings is 1. The highest BCUT2D eigenvalue weighted by atomic mass is 35.5. The first-order chi connectivity index (χ1) is 14.1. The highest BCUT2D eigenvalue weighted by Crippen LogP contribution is 2.25. The minimum atomic E-state index is -0.382. The van der Waals surface area contributed by atoms with Crippen LogP contribution in [-0.2, 0) is 0 Å². The molecule has 0 saturated carbocycles. The average molecular weight is 427 g/mol. The van der Waals surface area contributed by atoms with E-state index in [2.05, 4.69) is 15.6 Å². The van der Waals surface area contributed by atoms with E-state index in [4.69, 9.17) is 16.3 Å². The molecule has 0 unspecified atom stereocenters. The predicted octanol–water partition coefficient (Wildman–Crippen LogP) is 4.56. The number of rotatable bonds is 5. The van der Waals surface area contributed by atoms with Gasteiger partial charge in [0.1, 0.15) is 5.75 Å². The lowest BCUT2D eigenvalue weighted by Crippen LogP contribution is -2.15. The van der Waals surface area contributed by atoms with E-state index in [1.807, 2.05) is 17.5 Å². The van der Waals surface area contributed by atoms with Crippen molar-refractivity contribution in [2.24, 2.45) is 0 Å². The average Bonchev–Trinajstić information content (AvgIpc) is 3.28. The number of methoxy groups -OCH3 is 1. The van der Waals surface area contributed by atoms with Gasteiger partial charge < -0.3 is 15.4 Å². The van der Waals surface area contributed by atoms with Crippen molar-refractivity contribution in [1.82, 2.24) is 9.38 Å². The van der Waals surface area contributed by atoms with Crippen molar-refractivity contribution < 1.29 is 14.3 Å². The minimum Gasteiger partial charge on any atom is -0.495 e. The van der Waals surface area contributed by atoms with Gasteiger partial charge in [0.15, 0.2) is 15.8 Å². The van der Waals surface area contributed by atoms with Gasteiger partial charge in [-0.15, -0.1) is 11.3 Å². The van der Waals surface area contributed by atoms with E-state index in [1.165, 1.54) is 11.3 Å². The summed E-state index contributed by atoms with van der Waals surface area (Å²) in [7, 11) is 1.54. The van der Waals surface area contributed by atoms with Gasteiger partial charge in [0.05, 0.1) is 12.8 Å². The first-order valence-corrected chi connectivity index (χ1v) is 9.79. The number of carbonyl (C=O) groups excluding carboxylic acids is 2. The first kappa shape index (κ1) is 19.0. The van der Waals surface area contributed by atoms with E-state index in [1.54, 1.807) is 54.1 Å². The largest absolute Gasteiger partial charge is 0.495 e. The van der Waals surface area contributed by atoms with E-state index in [0.717, 1.165) is 0 Å². The van der Waals surface area contributed by atoms with Gasteiger partial charge in [-0.2, -0.15) is 0 Å². The molecule has 0 aliphatic heterocycles. The second-order valence-corrected chi connectivity index (χ2v) is 7.22. The van der Waals surface area contributed by atoms with Crippen LogP contribution < -0.4 is 15.4 Å². The van der Waals surface area contributed by atoms with Crippen molar-refractivity contribution in [2.75, 3.05) is 17.7 Å². The van der Waals surface area contributed by atoms with Gasteiger partial charge in [-0.25, -0.2) is 4.98 Å². The molecule has 9 heteroatoms. The van der Waals surface area contributed by atoms with Crippen LogP contribution in [0.4, 0.5) is 11.4 Å². The van der Waals surface area contributed by atoms with Crippen molar-refractivity contribution in [3.8, 4) is 5.75 Å². The Labute approximate surface area is 174 Å². The molecule has 2 aromatic heterocycles. The van der Waals surface area contributed by atoms with Crippen molar-refractivity contribution in [1.29, 1.82) is 0 Å². The maximum absolute atomic E-state index is 12.6. The zero-order valence-corrected chi connectivity index (χ0v) is 16.8. The zero-order chi connectivity index (χ0) is 20.4. The first-order valence-electron chi connectivity index (χ1n) is 8.53. The molecule has 4 aromatic rings. The van der Waals surface area contributed by atoms with Crippen LogP contribution >= 0.6 is 22.9 Å². The van der Waals surface area contributed by atoms with E-state index in [0.29, 0.717) is 27.6 Å². The topological polar surface area (TPSA) is 84.7 Å². The normalized spacial score (nSPS) is 10.7. The molecule has 0 aliphatic carbocycles. The number of fused-ring (bicyclic) bond motifs is 1. The van der Waals surface area contributed by atoms with Crippen LogP contribution in [-0.4, -0.2) is 28.3 Å². The number of carbonyl (C=O) groups is 2. The molecular formula is C20H15ClN4O3S. The van der Waals surface area contributed by atoms with Crippen molar-refractivity contribution in [2.45, 2.75) is 0 Å². The third-order valence-electron chi connectivity index (χ3n) is 4.19. The number of halogens is 1. The number of hydrogen-bond acceptors (Lipinski definition) is 5. The number of anilines is 2. The van der Waals surface area contributed by atoms with Crippen LogP contribution in [0.2, 0.25) is 5.15 Å². The summed E-state index contributed by atoms with van der Waals surface area (Å²) in [5, 5.41) is 7.54. The molecule has 0 bridgehead atoms. The number of benzene rings is 2. The molecule has 0 aliphatic rings. The Balaban J connectivity index is 1.47. The predicted molar refractivity (Wildman–Crippen MR) is 113 cm³/mol.